The molecule has 0 bridgehead atoms. The minimum atomic E-state index is -0.224. The Bertz CT molecular complexity index is 766. The van der Waals surface area contributed by atoms with E-state index in [1.807, 2.05) is 24.3 Å². The number of halogens is 1. The van der Waals surface area contributed by atoms with Crippen molar-refractivity contribution < 1.29 is 9.18 Å². The molecular weight excluding hydrogens is 333 g/mol. The molecule has 1 amide bonds. The highest BCUT2D eigenvalue weighted by atomic mass is 19.1. The van der Waals surface area contributed by atoms with Crippen LogP contribution in [0.25, 0.3) is 0 Å². The quantitative estimate of drug-likeness (QED) is 0.897. The van der Waals surface area contributed by atoms with Gasteiger partial charge in [-0.2, -0.15) is 5.10 Å². The second-order valence-electron chi connectivity index (χ2n) is 7.11. The van der Waals surface area contributed by atoms with Gasteiger partial charge in [-0.05, 0) is 29.8 Å². The minimum absolute atomic E-state index is 0.0310. The molecule has 2 fully saturated rings. The standard InChI is InChI=1S/C19H24FN5O/c1-23-13-14(10-22-23)17-11-21-12-18(17)19(26)25-8-6-24(7-9-25)16-4-2-15(20)3-5-16/h2-5,10,13,17-18,21H,6-9,11-12H2,1H3/t17-,18+/m1/s1. The average Bonchev–Trinajstić information content (AvgIpc) is 3.30. The third-order valence-corrected chi connectivity index (χ3v) is 5.47. The van der Waals surface area contributed by atoms with Crippen molar-refractivity contribution in [3.8, 4) is 0 Å². The second-order valence-corrected chi connectivity index (χ2v) is 7.11. The van der Waals surface area contributed by atoms with E-state index in [-0.39, 0.29) is 23.6 Å². The number of hydrogen-bond acceptors (Lipinski definition) is 4. The molecule has 3 heterocycles. The smallest absolute Gasteiger partial charge is 0.227 e. The third kappa shape index (κ3) is 3.31. The maximum absolute atomic E-state index is 13.1. The zero-order valence-corrected chi connectivity index (χ0v) is 14.9. The number of benzene rings is 1. The van der Waals surface area contributed by atoms with E-state index in [9.17, 15) is 9.18 Å². The van der Waals surface area contributed by atoms with E-state index in [1.54, 1.807) is 16.8 Å². The van der Waals surface area contributed by atoms with E-state index in [2.05, 4.69) is 15.3 Å². The lowest BCUT2D eigenvalue weighted by molar-refractivity contribution is -0.135. The van der Waals surface area contributed by atoms with Crippen molar-refractivity contribution in [2.24, 2.45) is 13.0 Å². The van der Waals surface area contributed by atoms with Crippen molar-refractivity contribution in [1.29, 1.82) is 0 Å². The summed E-state index contributed by atoms with van der Waals surface area (Å²) < 4.78 is 14.9. The van der Waals surface area contributed by atoms with Crippen LogP contribution in [0.4, 0.5) is 10.1 Å². The van der Waals surface area contributed by atoms with Crippen LogP contribution in [0, 0.1) is 11.7 Å². The van der Waals surface area contributed by atoms with Crippen LogP contribution >= 0.6 is 0 Å². The molecule has 7 heteroatoms. The summed E-state index contributed by atoms with van der Waals surface area (Å²) in [5.41, 5.74) is 2.13. The van der Waals surface area contributed by atoms with Crippen LogP contribution in [0.3, 0.4) is 0 Å². The molecule has 0 radical (unpaired) electrons. The molecule has 1 N–H and O–H groups in total. The highest BCUT2D eigenvalue weighted by Gasteiger charge is 2.37. The summed E-state index contributed by atoms with van der Waals surface area (Å²) in [4.78, 5) is 17.2. The van der Waals surface area contributed by atoms with Crippen LogP contribution in [0.2, 0.25) is 0 Å². The molecule has 2 aliphatic rings. The summed E-state index contributed by atoms with van der Waals surface area (Å²) >= 11 is 0. The molecule has 0 unspecified atom stereocenters. The van der Waals surface area contributed by atoms with E-state index in [0.717, 1.165) is 37.4 Å². The first-order valence-electron chi connectivity index (χ1n) is 9.10. The summed E-state index contributed by atoms with van der Waals surface area (Å²) in [7, 11) is 1.90. The molecular formula is C19H24FN5O. The molecule has 2 atom stereocenters. The Morgan fingerprint density at radius 1 is 1.15 bits per heavy atom. The Labute approximate surface area is 152 Å². The fourth-order valence-electron chi connectivity index (χ4n) is 3.99. The van der Waals surface area contributed by atoms with Gasteiger partial charge in [0.15, 0.2) is 0 Å². The zero-order valence-electron chi connectivity index (χ0n) is 14.9. The molecule has 2 aromatic rings. The molecule has 4 rings (SSSR count). The van der Waals surface area contributed by atoms with Crippen LogP contribution in [0.1, 0.15) is 11.5 Å². The van der Waals surface area contributed by atoms with Gasteiger partial charge >= 0.3 is 0 Å². The van der Waals surface area contributed by atoms with Crippen LogP contribution in [-0.4, -0.2) is 59.9 Å². The first kappa shape index (κ1) is 17.0. The number of piperazine rings is 1. The van der Waals surface area contributed by atoms with Gasteiger partial charge in [0.25, 0.3) is 0 Å². The van der Waals surface area contributed by atoms with Gasteiger partial charge in [0.2, 0.25) is 5.91 Å². The first-order valence-corrected chi connectivity index (χ1v) is 9.10. The van der Waals surface area contributed by atoms with Gasteiger partial charge in [-0.15, -0.1) is 0 Å². The fourth-order valence-corrected chi connectivity index (χ4v) is 3.99. The number of aryl methyl sites for hydroxylation is 1. The average molecular weight is 357 g/mol. The van der Waals surface area contributed by atoms with Gasteiger partial charge in [0.05, 0.1) is 12.1 Å². The molecule has 2 aliphatic heterocycles. The number of carbonyl (C=O) groups excluding carboxylic acids is 1. The monoisotopic (exact) mass is 357 g/mol. The Balaban J connectivity index is 1.39. The summed E-state index contributed by atoms with van der Waals surface area (Å²) in [6.07, 6.45) is 3.87. The molecule has 1 aromatic heterocycles. The molecule has 138 valence electrons. The number of anilines is 1. The number of hydrogen-bond donors (Lipinski definition) is 1. The van der Waals surface area contributed by atoms with Gasteiger partial charge in [0.1, 0.15) is 5.82 Å². The van der Waals surface area contributed by atoms with Gasteiger partial charge in [-0.3, -0.25) is 9.48 Å². The van der Waals surface area contributed by atoms with Crippen molar-refractivity contribution in [1.82, 2.24) is 20.0 Å². The highest BCUT2D eigenvalue weighted by Crippen LogP contribution is 2.30. The maximum atomic E-state index is 13.1. The number of aromatic nitrogens is 2. The van der Waals surface area contributed by atoms with Crippen molar-refractivity contribution >= 4 is 11.6 Å². The summed E-state index contributed by atoms with van der Waals surface area (Å²) in [5, 5.41) is 7.61. The summed E-state index contributed by atoms with van der Waals surface area (Å²) in [6, 6.07) is 6.56. The fraction of sp³-hybridized carbons (Fsp3) is 0.474. The van der Waals surface area contributed by atoms with Crippen molar-refractivity contribution in [2.75, 3.05) is 44.2 Å². The summed E-state index contributed by atoms with van der Waals surface area (Å²) in [5.74, 6) is 0.156. The molecule has 1 aromatic carbocycles. The van der Waals surface area contributed by atoms with Crippen molar-refractivity contribution in [3.63, 3.8) is 0 Å². The number of amides is 1. The molecule has 0 spiro atoms. The van der Waals surface area contributed by atoms with Crippen molar-refractivity contribution in [3.05, 3.63) is 48.0 Å². The van der Waals surface area contributed by atoms with E-state index in [4.69, 9.17) is 0 Å². The molecule has 26 heavy (non-hydrogen) atoms. The molecule has 0 aliphatic carbocycles. The van der Waals surface area contributed by atoms with E-state index < -0.39 is 0 Å². The number of nitrogens with zero attached hydrogens (tertiary/aromatic N) is 4. The Hall–Kier alpha value is -2.41. The van der Waals surface area contributed by atoms with Crippen LogP contribution in [-0.2, 0) is 11.8 Å². The van der Waals surface area contributed by atoms with Gasteiger partial charge in [-0.25, -0.2) is 4.39 Å². The molecule has 2 saturated heterocycles. The highest BCUT2D eigenvalue weighted by molar-refractivity contribution is 5.81. The second kappa shape index (κ2) is 7.07. The SMILES string of the molecule is Cn1cc([C@H]2CNC[C@@H]2C(=O)N2CCN(c3ccc(F)cc3)CC2)cn1. The van der Waals surface area contributed by atoms with Gasteiger partial charge in [-0.1, -0.05) is 0 Å². The zero-order chi connectivity index (χ0) is 18.1. The Morgan fingerprint density at radius 3 is 2.54 bits per heavy atom. The lowest BCUT2D eigenvalue weighted by Crippen LogP contribution is -2.51. The predicted molar refractivity (Wildman–Crippen MR) is 97.5 cm³/mol. The lowest BCUT2D eigenvalue weighted by atomic mass is 9.89. The van der Waals surface area contributed by atoms with Crippen molar-refractivity contribution in [2.45, 2.75) is 5.92 Å². The largest absolute Gasteiger partial charge is 0.368 e. The summed E-state index contributed by atoms with van der Waals surface area (Å²) in [6.45, 7) is 4.48. The van der Waals surface area contributed by atoms with Crippen LogP contribution in [0.5, 0.6) is 0 Å². The minimum Gasteiger partial charge on any atom is -0.368 e. The maximum Gasteiger partial charge on any atom is 0.227 e. The first-order chi connectivity index (χ1) is 12.6. The molecule has 6 nitrogen and oxygen atoms in total. The number of carbonyl (C=O) groups is 1. The van der Waals surface area contributed by atoms with E-state index in [1.165, 1.54) is 12.1 Å². The van der Waals surface area contributed by atoms with E-state index >= 15 is 0 Å². The van der Waals surface area contributed by atoms with Gasteiger partial charge < -0.3 is 15.1 Å². The van der Waals surface area contributed by atoms with Crippen LogP contribution < -0.4 is 10.2 Å². The van der Waals surface area contributed by atoms with Gasteiger partial charge in [0, 0.05) is 64.1 Å². The predicted octanol–water partition coefficient (Wildman–Crippen LogP) is 1.21. The third-order valence-electron chi connectivity index (χ3n) is 5.47. The topological polar surface area (TPSA) is 53.4 Å². The Morgan fingerprint density at radius 2 is 1.88 bits per heavy atom. The lowest BCUT2D eigenvalue weighted by Gasteiger charge is -2.37. The van der Waals surface area contributed by atoms with Crippen LogP contribution in [0.15, 0.2) is 36.7 Å². The number of nitrogens with one attached hydrogen (secondary N) is 1. The number of rotatable bonds is 3. The molecule has 0 saturated carbocycles. The normalized spacial score (nSPS) is 23.5. The Kier molecular flexibility index (Phi) is 4.63. The van der Waals surface area contributed by atoms with E-state index in [0.29, 0.717) is 13.1 Å².